The van der Waals surface area contributed by atoms with Crippen LogP contribution < -0.4 is 10.1 Å². The van der Waals surface area contributed by atoms with E-state index in [1.807, 2.05) is 31.2 Å². The second kappa shape index (κ2) is 9.12. The fraction of sp³-hybridized carbons (Fsp3) is 0.562. The number of benzene rings is 1. The summed E-state index contributed by atoms with van der Waals surface area (Å²) < 4.78 is 22.5. The van der Waals surface area contributed by atoms with E-state index in [0.29, 0.717) is 19.0 Å². The smallest absolute Gasteiger partial charge is 0.271 e. The number of carbonyl (C=O) groups excluding carboxylic acids is 1. The normalized spacial score (nSPS) is 18.2. The standard InChI is InChI=1S/C16H24N2O4S/c1-13(18-7-9-22-10-8-18)17-16(19)12-23(20)11-14-3-5-15(21-2)6-4-14/h3-6,13H,7-12H2,1-2H3,(H,17,19). The molecule has 7 heteroatoms. The molecule has 1 fully saturated rings. The van der Waals surface area contributed by atoms with Crippen LogP contribution in [0.3, 0.4) is 0 Å². The first-order chi connectivity index (χ1) is 11.1. The summed E-state index contributed by atoms with van der Waals surface area (Å²) in [5.74, 6) is 0.955. The lowest BCUT2D eigenvalue weighted by molar-refractivity contribution is -0.121. The van der Waals surface area contributed by atoms with Crippen LogP contribution >= 0.6 is 0 Å². The first kappa shape index (κ1) is 18.1. The van der Waals surface area contributed by atoms with E-state index < -0.39 is 11.2 Å². The predicted octanol–water partition coefficient (Wildman–Crippen LogP) is 0.738. The van der Waals surface area contributed by atoms with Crippen LogP contribution in [0.5, 0.6) is 5.75 Å². The Morgan fingerprint density at radius 3 is 2.65 bits per heavy atom. The molecule has 6 nitrogen and oxygen atoms in total. The maximum absolute atomic E-state index is 12.1. The Bertz CT molecular complexity index is 491. The highest BCUT2D eigenvalue weighted by Crippen LogP contribution is 2.14. The number of hydrogen-bond acceptors (Lipinski definition) is 5. The van der Waals surface area contributed by atoms with Gasteiger partial charge in [0, 0.05) is 18.7 Å². The van der Waals surface area contributed by atoms with Gasteiger partial charge in [-0.1, -0.05) is 12.1 Å². The molecule has 2 rings (SSSR count). The van der Waals surface area contributed by atoms with Crippen molar-refractivity contribution in [1.29, 1.82) is 0 Å². The molecule has 1 heterocycles. The average Bonchev–Trinajstić information content (AvgIpc) is 2.56. The van der Waals surface area contributed by atoms with Gasteiger partial charge in [0.25, 0.3) is 5.91 Å². The molecule has 1 aromatic carbocycles. The quantitative estimate of drug-likeness (QED) is 0.741. The van der Waals surface area contributed by atoms with Crippen molar-refractivity contribution in [2.24, 2.45) is 0 Å². The highest BCUT2D eigenvalue weighted by Gasteiger charge is 2.21. The van der Waals surface area contributed by atoms with Crippen molar-refractivity contribution in [3.05, 3.63) is 29.8 Å². The van der Waals surface area contributed by atoms with Crippen LogP contribution in [0, 0.1) is 0 Å². The molecule has 0 spiro atoms. The zero-order valence-electron chi connectivity index (χ0n) is 13.6. The van der Waals surface area contributed by atoms with Crippen molar-refractivity contribution >= 4 is 17.1 Å². The minimum Gasteiger partial charge on any atom is -0.616 e. The maximum Gasteiger partial charge on any atom is 0.271 e. The van der Waals surface area contributed by atoms with Gasteiger partial charge < -0.3 is 19.3 Å². The Morgan fingerprint density at radius 2 is 2.04 bits per heavy atom. The molecule has 128 valence electrons. The number of rotatable bonds is 7. The van der Waals surface area contributed by atoms with Gasteiger partial charge in [0.15, 0.2) is 5.75 Å². The Labute approximate surface area is 140 Å². The number of amides is 1. The second-order valence-electron chi connectivity index (χ2n) is 5.47. The number of hydrogen-bond donors (Lipinski definition) is 1. The van der Waals surface area contributed by atoms with Crippen LogP contribution in [0.25, 0.3) is 0 Å². The largest absolute Gasteiger partial charge is 0.616 e. The van der Waals surface area contributed by atoms with Crippen LogP contribution in [-0.2, 0) is 26.5 Å². The maximum atomic E-state index is 12.1. The number of carbonyl (C=O) groups is 1. The Morgan fingerprint density at radius 1 is 1.39 bits per heavy atom. The molecule has 0 aliphatic carbocycles. The lowest BCUT2D eigenvalue weighted by atomic mass is 10.2. The summed E-state index contributed by atoms with van der Waals surface area (Å²) in [6, 6.07) is 7.39. The number of nitrogens with zero attached hydrogens (tertiary/aromatic N) is 1. The predicted molar refractivity (Wildman–Crippen MR) is 89.7 cm³/mol. The number of methoxy groups -OCH3 is 1. The van der Waals surface area contributed by atoms with E-state index in [1.54, 1.807) is 7.11 Å². The van der Waals surface area contributed by atoms with Crippen molar-refractivity contribution in [2.75, 3.05) is 39.2 Å². The molecule has 0 bridgehead atoms. The fourth-order valence-electron chi connectivity index (χ4n) is 2.44. The molecule has 2 unspecified atom stereocenters. The summed E-state index contributed by atoms with van der Waals surface area (Å²) in [4.78, 5) is 14.2. The van der Waals surface area contributed by atoms with E-state index in [9.17, 15) is 9.35 Å². The van der Waals surface area contributed by atoms with Crippen LogP contribution in [0.15, 0.2) is 24.3 Å². The molecular weight excluding hydrogens is 316 g/mol. The van der Waals surface area contributed by atoms with Crippen LogP contribution in [0.1, 0.15) is 12.5 Å². The molecule has 1 aromatic rings. The molecule has 23 heavy (non-hydrogen) atoms. The van der Waals surface area contributed by atoms with Crippen molar-refractivity contribution in [3.8, 4) is 5.75 Å². The third kappa shape index (κ3) is 6.02. The van der Waals surface area contributed by atoms with Crippen LogP contribution in [0.4, 0.5) is 0 Å². The third-order valence-corrected chi connectivity index (χ3v) is 4.98. The summed E-state index contributed by atoms with van der Waals surface area (Å²) in [5.41, 5.74) is 0.929. The molecule has 1 aliphatic heterocycles. The lowest BCUT2D eigenvalue weighted by Gasteiger charge is -2.32. The number of nitrogens with one attached hydrogen (secondary N) is 1. The third-order valence-electron chi connectivity index (χ3n) is 3.74. The lowest BCUT2D eigenvalue weighted by Crippen LogP contribution is -2.51. The molecular formula is C16H24N2O4S. The van der Waals surface area contributed by atoms with Gasteiger partial charge in [0.05, 0.1) is 26.5 Å². The van der Waals surface area contributed by atoms with Crippen molar-refractivity contribution in [2.45, 2.75) is 18.8 Å². The summed E-state index contributed by atoms with van der Waals surface area (Å²) >= 11 is -1.23. The van der Waals surface area contributed by atoms with E-state index >= 15 is 0 Å². The highest BCUT2D eigenvalue weighted by molar-refractivity contribution is 7.91. The van der Waals surface area contributed by atoms with Crippen LogP contribution in [0.2, 0.25) is 0 Å². The zero-order valence-corrected chi connectivity index (χ0v) is 14.4. The fourth-order valence-corrected chi connectivity index (χ4v) is 3.48. The van der Waals surface area contributed by atoms with Gasteiger partial charge in [-0.3, -0.25) is 9.69 Å². The summed E-state index contributed by atoms with van der Waals surface area (Å²) in [5, 5.41) is 2.90. The van der Waals surface area contributed by atoms with Crippen LogP contribution in [-0.4, -0.2) is 60.7 Å². The Hall–Kier alpha value is -1.28. The average molecular weight is 340 g/mol. The summed E-state index contributed by atoms with van der Waals surface area (Å²) in [7, 11) is 1.60. The van der Waals surface area contributed by atoms with E-state index in [0.717, 1.165) is 24.4 Å². The Kier molecular flexibility index (Phi) is 7.16. The van der Waals surface area contributed by atoms with Crippen molar-refractivity contribution in [1.82, 2.24) is 10.2 Å². The van der Waals surface area contributed by atoms with Gasteiger partial charge in [-0.05, 0) is 30.2 Å². The van der Waals surface area contributed by atoms with Gasteiger partial charge in [0.2, 0.25) is 0 Å². The molecule has 1 N–H and O–H groups in total. The van der Waals surface area contributed by atoms with E-state index in [1.165, 1.54) is 0 Å². The Balaban J connectivity index is 1.74. The molecule has 2 atom stereocenters. The highest BCUT2D eigenvalue weighted by atomic mass is 32.2. The molecule has 1 saturated heterocycles. The SMILES string of the molecule is COc1ccc(C[S+]([O-])CC(=O)NC(C)N2CCOCC2)cc1. The zero-order chi connectivity index (χ0) is 16.7. The topological polar surface area (TPSA) is 73.9 Å². The van der Waals surface area contributed by atoms with Gasteiger partial charge in [-0.2, -0.15) is 0 Å². The molecule has 0 radical (unpaired) electrons. The number of morpholine rings is 1. The monoisotopic (exact) mass is 340 g/mol. The van der Waals surface area contributed by atoms with Crippen molar-refractivity contribution < 1.29 is 18.8 Å². The first-order valence-electron chi connectivity index (χ1n) is 7.67. The van der Waals surface area contributed by atoms with E-state index in [-0.39, 0.29) is 17.8 Å². The minimum absolute atomic E-state index is 0.0146. The van der Waals surface area contributed by atoms with E-state index in [4.69, 9.17) is 9.47 Å². The van der Waals surface area contributed by atoms with E-state index in [2.05, 4.69) is 10.2 Å². The molecule has 1 amide bonds. The van der Waals surface area contributed by atoms with Gasteiger partial charge in [0.1, 0.15) is 11.5 Å². The van der Waals surface area contributed by atoms with Gasteiger partial charge >= 0.3 is 0 Å². The summed E-state index contributed by atoms with van der Waals surface area (Å²) in [6.07, 6.45) is -0.0654. The molecule has 0 aromatic heterocycles. The summed E-state index contributed by atoms with van der Waals surface area (Å²) in [6.45, 7) is 4.91. The van der Waals surface area contributed by atoms with Gasteiger partial charge in [-0.25, -0.2) is 0 Å². The molecule has 0 saturated carbocycles. The van der Waals surface area contributed by atoms with Crippen molar-refractivity contribution in [3.63, 3.8) is 0 Å². The van der Waals surface area contributed by atoms with Gasteiger partial charge in [-0.15, -0.1) is 0 Å². The number of ether oxygens (including phenoxy) is 2. The first-order valence-corrected chi connectivity index (χ1v) is 9.16. The minimum atomic E-state index is -1.23. The second-order valence-corrected chi connectivity index (χ2v) is 6.93. The molecule has 1 aliphatic rings.